The molecule has 1 rings (SSSR count). The van der Waals surface area contributed by atoms with E-state index in [1.54, 1.807) is 0 Å². The van der Waals surface area contributed by atoms with Crippen LogP contribution in [0.15, 0.2) is 36.7 Å². The number of alkyl halides is 9. The van der Waals surface area contributed by atoms with E-state index in [4.69, 9.17) is 0 Å². The number of likely N-dealkylation sites (N-methyl/N-ethyl adjacent to an activating group) is 1. The van der Waals surface area contributed by atoms with Gasteiger partial charge in [-0.05, 0) is 18.2 Å². The third kappa shape index (κ3) is 3.49. The van der Waals surface area contributed by atoms with Gasteiger partial charge in [-0.2, -0.15) is 39.5 Å². The van der Waals surface area contributed by atoms with Gasteiger partial charge in [-0.15, -0.1) is 0 Å². The second-order valence-corrected chi connectivity index (χ2v) is 8.86. The summed E-state index contributed by atoms with van der Waals surface area (Å²) in [5, 5.41) is 0. The Morgan fingerprint density at radius 3 is 1.94 bits per heavy atom. The predicted octanol–water partition coefficient (Wildman–Crippen LogP) is 3.57. The van der Waals surface area contributed by atoms with Crippen molar-refractivity contribution in [3.05, 3.63) is 36.7 Å². The Labute approximate surface area is 171 Å². The fraction of sp³-hybridized carbons (Fsp3) is 0.562. The summed E-state index contributed by atoms with van der Waals surface area (Å²) >= 11 is 0. The highest BCUT2D eigenvalue weighted by atomic mass is 32.2. The van der Waals surface area contributed by atoms with Gasteiger partial charge < -0.3 is 4.90 Å². The zero-order valence-electron chi connectivity index (χ0n) is 16.2. The van der Waals surface area contributed by atoms with Crippen molar-refractivity contribution in [3.63, 3.8) is 0 Å². The molecule has 31 heavy (non-hydrogen) atoms. The summed E-state index contributed by atoms with van der Waals surface area (Å²) in [5.41, 5.74) is -0.910. The van der Waals surface area contributed by atoms with Crippen LogP contribution in [0, 0.1) is 0 Å². The predicted molar refractivity (Wildman–Crippen MR) is 91.0 cm³/mol. The SMILES string of the molecule is C=CC(=O)C1(S(=O)(=O)CC)C(N(C)C)=CC=CN1C(F)(F)C(F)(F)C(F)(F)C(F)(F)F. The van der Waals surface area contributed by atoms with Gasteiger partial charge in [-0.1, -0.05) is 13.5 Å². The average molecular weight is 488 g/mol. The fourth-order valence-corrected chi connectivity index (χ4v) is 4.73. The molecule has 0 saturated carbocycles. The van der Waals surface area contributed by atoms with Crippen LogP contribution in [0.2, 0.25) is 0 Å². The third-order valence-corrected chi connectivity index (χ3v) is 6.70. The summed E-state index contributed by atoms with van der Waals surface area (Å²) in [6, 6.07) is -6.53. The smallest absolute Gasteiger partial charge is 0.378 e. The Kier molecular flexibility index (Phi) is 6.70. The summed E-state index contributed by atoms with van der Waals surface area (Å²) < 4.78 is 148. The molecule has 1 heterocycles. The van der Waals surface area contributed by atoms with Crippen LogP contribution < -0.4 is 0 Å². The molecule has 0 amide bonds. The first-order chi connectivity index (χ1) is 13.7. The number of allylic oxidation sites excluding steroid dienone is 2. The molecular weight excluding hydrogens is 471 g/mol. The molecule has 178 valence electrons. The fourth-order valence-electron chi connectivity index (χ4n) is 2.88. The average Bonchev–Trinajstić information content (AvgIpc) is 2.64. The van der Waals surface area contributed by atoms with Gasteiger partial charge in [0.1, 0.15) is 0 Å². The summed E-state index contributed by atoms with van der Waals surface area (Å²) in [4.78, 5) is 8.26. The Morgan fingerprint density at radius 2 is 1.58 bits per heavy atom. The van der Waals surface area contributed by atoms with Crippen molar-refractivity contribution in [2.45, 2.75) is 35.9 Å². The van der Waals surface area contributed by atoms with Crippen LogP contribution in [-0.4, -0.2) is 72.8 Å². The number of carbonyl (C=O) groups is 1. The van der Waals surface area contributed by atoms with Gasteiger partial charge in [0.2, 0.25) is 10.7 Å². The number of ketones is 1. The highest BCUT2D eigenvalue weighted by Gasteiger charge is 2.85. The van der Waals surface area contributed by atoms with Crippen LogP contribution in [0.5, 0.6) is 0 Å². The lowest BCUT2D eigenvalue weighted by atomic mass is 9.98. The molecule has 15 heteroatoms. The molecule has 0 aromatic rings. The molecular formula is C16H17F9N2O3S. The number of halogens is 9. The van der Waals surface area contributed by atoms with Crippen molar-refractivity contribution in [2.24, 2.45) is 0 Å². The zero-order valence-corrected chi connectivity index (χ0v) is 17.0. The molecule has 0 aromatic carbocycles. The first kappa shape index (κ1) is 26.8. The molecule has 5 nitrogen and oxygen atoms in total. The third-order valence-electron chi connectivity index (χ3n) is 4.44. The van der Waals surface area contributed by atoms with Gasteiger partial charge in [-0.25, -0.2) is 8.42 Å². The van der Waals surface area contributed by atoms with E-state index in [2.05, 4.69) is 6.58 Å². The van der Waals surface area contributed by atoms with Gasteiger partial charge in [0.25, 0.3) is 0 Å². The lowest BCUT2D eigenvalue weighted by molar-refractivity contribution is -0.416. The number of sulfone groups is 1. The van der Waals surface area contributed by atoms with Crippen molar-refractivity contribution >= 4 is 15.6 Å². The Morgan fingerprint density at radius 1 is 1.10 bits per heavy atom. The van der Waals surface area contributed by atoms with Gasteiger partial charge in [0.15, 0.2) is 9.84 Å². The molecule has 1 aliphatic heterocycles. The van der Waals surface area contributed by atoms with Gasteiger partial charge in [0, 0.05) is 20.3 Å². The maximum absolute atomic E-state index is 14.9. The normalized spacial score (nSPS) is 21.0. The molecule has 0 aliphatic carbocycles. The first-order valence-electron chi connectivity index (χ1n) is 8.16. The largest absolute Gasteiger partial charge is 0.460 e. The Hall–Kier alpha value is -2.19. The molecule has 0 N–H and O–H groups in total. The van der Waals surface area contributed by atoms with E-state index in [9.17, 15) is 52.7 Å². The van der Waals surface area contributed by atoms with Gasteiger partial charge in [0.05, 0.1) is 11.4 Å². The van der Waals surface area contributed by atoms with E-state index in [1.165, 1.54) is 0 Å². The minimum atomic E-state index is -7.30. The molecule has 1 unspecified atom stereocenters. The molecule has 0 bridgehead atoms. The number of hydrogen-bond acceptors (Lipinski definition) is 5. The second-order valence-electron chi connectivity index (χ2n) is 6.46. The number of carbonyl (C=O) groups excluding carboxylic acids is 1. The molecule has 1 atom stereocenters. The van der Waals surface area contributed by atoms with Crippen molar-refractivity contribution in [1.29, 1.82) is 0 Å². The molecule has 0 fully saturated rings. The Bertz CT molecular complexity index is 908. The van der Waals surface area contributed by atoms with Crippen LogP contribution in [0.25, 0.3) is 0 Å². The Balaban J connectivity index is 4.11. The van der Waals surface area contributed by atoms with Crippen LogP contribution >= 0.6 is 0 Å². The monoisotopic (exact) mass is 488 g/mol. The second kappa shape index (κ2) is 7.74. The maximum atomic E-state index is 14.9. The van der Waals surface area contributed by atoms with Crippen molar-refractivity contribution in [2.75, 3.05) is 19.8 Å². The molecule has 0 aromatic heterocycles. The molecule has 0 radical (unpaired) electrons. The van der Waals surface area contributed by atoms with Gasteiger partial charge >= 0.3 is 24.1 Å². The summed E-state index contributed by atoms with van der Waals surface area (Å²) in [7, 11) is -3.23. The van der Waals surface area contributed by atoms with E-state index in [1.807, 2.05) is 0 Å². The summed E-state index contributed by atoms with van der Waals surface area (Å²) in [5.74, 6) is -17.5. The van der Waals surface area contributed by atoms with Gasteiger partial charge in [-0.3, -0.25) is 9.69 Å². The first-order valence-corrected chi connectivity index (χ1v) is 9.82. The summed E-state index contributed by atoms with van der Waals surface area (Å²) in [6.07, 6.45) is -5.91. The van der Waals surface area contributed by atoms with E-state index < -0.39 is 60.9 Å². The minimum Gasteiger partial charge on any atom is -0.378 e. The lowest BCUT2D eigenvalue weighted by Crippen LogP contribution is -2.73. The quantitative estimate of drug-likeness (QED) is 0.297. The number of hydrogen-bond donors (Lipinski definition) is 0. The highest BCUT2D eigenvalue weighted by molar-refractivity contribution is 7.93. The standard InChI is InChI=1S/C16H17F9N2O3S/c1-5-11(28)12(31(29,30)6-2)10(26(3)4)8-7-9-27(12)16(24,25)14(19,20)13(17,18)15(21,22)23/h5,7-9H,1,6H2,2-4H3. The van der Waals surface area contributed by atoms with E-state index >= 15 is 0 Å². The summed E-state index contributed by atoms with van der Waals surface area (Å²) in [6.45, 7) is 3.75. The number of rotatable bonds is 8. The van der Waals surface area contributed by atoms with Crippen LogP contribution in [-0.2, 0) is 14.6 Å². The number of nitrogens with zero attached hydrogens (tertiary/aromatic N) is 2. The van der Waals surface area contributed by atoms with Crippen LogP contribution in [0.3, 0.4) is 0 Å². The highest BCUT2D eigenvalue weighted by Crippen LogP contribution is 2.57. The van der Waals surface area contributed by atoms with Crippen LogP contribution in [0.1, 0.15) is 6.92 Å². The zero-order chi connectivity index (χ0) is 24.8. The molecule has 1 aliphatic rings. The molecule has 0 spiro atoms. The molecule has 0 saturated heterocycles. The van der Waals surface area contributed by atoms with E-state index in [0.717, 1.165) is 32.0 Å². The van der Waals surface area contributed by atoms with Crippen LogP contribution in [0.4, 0.5) is 39.5 Å². The van der Waals surface area contributed by atoms with E-state index in [0.29, 0.717) is 6.08 Å². The maximum Gasteiger partial charge on any atom is 0.460 e. The van der Waals surface area contributed by atoms with E-state index in [-0.39, 0.29) is 12.3 Å². The topological polar surface area (TPSA) is 57.7 Å². The van der Waals surface area contributed by atoms with Crippen molar-refractivity contribution < 1.29 is 52.7 Å². The lowest BCUT2D eigenvalue weighted by Gasteiger charge is -2.50. The van der Waals surface area contributed by atoms with Crippen molar-refractivity contribution in [1.82, 2.24) is 9.80 Å². The minimum absolute atomic E-state index is 0.160. The van der Waals surface area contributed by atoms with Crippen molar-refractivity contribution in [3.8, 4) is 0 Å².